The molecule has 3 rings (SSSR count). The molecule has 3 aromatic rings. The van der Waals surface area contributed by atoms with Gasteiger partial charge >= 0.3 is 0 Å². The van der Waals surface area contributed by atoms with Crippen molar-refractivity contribution >= 4 is 47.1 Å². The van der Waals surface area contributed by atoms with Crippen LogP contribution in [0.3, 0.4) is 0 Å². The lowest BCUT2D eigenvalue weighted by Crippen LogP contribution is -2.41. The number of anilines is 2. The lowest BCUT2D eigenvalue weighted by Gasteiger charge is -2.28. The van der Waals surface area contributed by atoms with E-state index in [0.717, 1.165) is 6.08 Å². The predicted molar refractivity (Wildman–Crippen MR) is 215 cm³/mol. The molecule has 11 nitrogen and oxygen atoms in total. The highest BCUT2D eigenvalue weighted by molar-refractivity contribution is 6.30. The van der Waals surface area contributed by atoms with Crippen LogP contribution in [0.1, 0.15) is 62.0 Å². The number of amides is 2. The van der Waals surface area contributed by atoms with E-state index in [-0.39, 0.29) is 41.3 Å². The van der Waals surface area contributed by atoms with E-state index < -0.39 is 11.7 Å². The third kappa shape index (κ3) is 16.2. The summed E-state index contributed by atoms with van der Waals surface area (Å²) in [7, 11) is 0. The minimum Gasteiger partial charge on any atom is -0.381 e. The van der Waals surface area contributed by atoms with Crippen LogP contribution < -0.4 is 16.0 Å². The molecule has 0 aliphatic carbocycles. The van der Waals surface area contributed by atoms with Gasteiger partial charge in [0.25, 0.3) is 5.91 Å². The van der Waals surface area contributed by atoms with Gasteiger partial charge in [-0.3, -0.25) is 14.6 Å². The first-order valence-corrected chi connectivity index (χ1v) is 18.3. The summed E-state index contributed by atoms with van der Waals surface area (Å²) in [5.41, 5.74) is 2.56. The number of allylic oxidation sites excluding steroid dienone is 3. The number of aromatic nitrogens is 2. The van der Waals surface area contributed by atoms with Gasteiger partial charge in [-0.05, 0) is 67.3 Å². The van der Waals surface area contributed by atoms with Crippen molar-refractivity contribution in [3.63, 3.8) is 0 Å². The molecule has 0 radical (unpaired) electrons. The number of ether oxygens (including phenoxy) is 3. The second-order valence-corrected chi connectivity index (χ2v) is 13.9. The molecule has 2 amide bonds. The molecule has 0 bridgehead atoms. The van der Waals surface area contributed by atoms with E-state index in [9.17, 15) is 18.4 Å². The minimum absolute atomic E-state index is 0.00894. The normalized spacial score (nSPS) is 12.4. The Balaban J connectivity index is 1.41. The molecule has 1 heterocycles. The number of benzene rings is 2. The molecule has 14 heteroatoms. The van der Waals surface area contributed by atoms with Crippen molar-refractivity contribution in [1.29, 1.82) is 0 Å². The molecule has 0 aliphatic heterocycles. The van der Waals surface area contributed by atoms with E-state index in [1.165, 1.54) is 18.4 Å². The van der Waals surface area contributed by atoms with Crippen molar-refractivity contribution in [1.82, 2.24) is 20.6 Å². The first kappa shape index (κ1) is 44.6. The van der Waals surface area contributed by atoms with Crippen LogP contribution in [0.25, 0.3) is 17.1 Å². The third-order valence-electron chi connectivity index (χ3n) is 8.22. The third-order valence-corrected chi connectivity index (χ3v) is 8.46. The molecule has 1 atom stereocenters. The fourth-order valence-corrected chi connectivity index (χ4v) is 4.83. The van der Waals surface area contributed by atoms with Gasteiger partial charge in [-0.15, -0.1) is 0 Å². The highest BCUT2D eigenvalue weighted by Crippen LogP contribution is 2.33. The summed E-state index contributed by atoms with van der Waals surface area (Å²) in [6.07, 6.45) is 6.10. The number of hydrogen-bond acceptors (Lipinski definition) is 9. The number of hydrogen-bond donors (Lipinski definition) is 3. The van der Waals surface area contributed by atoms with Crippen LogP contribution in [-0.2, 0) is 25.5 Å². The van der Waals surface area contributed by atoms with Crippen LogP contribution in [0.5, 0.6) is 0 Å². The van der Waals surface area contributed by atoms with Gasteiger partial charge < -0.3 is 30.2 Å². The molecule has 0 spiro atoms. The first-order valence-electron chi connectivity index (χ1n) is 17.9. The maximum absolute atomic E-state index is 14.5. The number of carbonyl (C=O) groups excluding carboxylic acids is 2. The van der Waals surface area contributed by atoms with Crippen molar-refractivity contribution in [2.24, 2.45) is 10.4 Å². The summed E-state index contributed by atoms with van der Waals surface area (Å²) in [5, 5.41) is 9.25. The van der Waals surface area contributed by atoms with Gasteiger partial charge in [-0.2, -0.15) is 0 Å². The molecular weight excluding hydrogens is 730 g/mol. The fourth-order valence-electron chi connectivity index (χ4n) is 4.66. The zero-order valence-corrected chi connectivity index (χ0v) is 32.7. The highest BCUT2D eigenvalue weighted by atomic mass is 35.5. The van der Waals surface area contributed by atoms with Crippen molar-refractivity contribution < 1.29 is 32.6 Å². The Morgan fingerprint density at radius 3 is 2.36 bits per heavy atom. The standard InChI is InChI=1S/C41H51ClF2N6O5/c1-7-33(44)15-17-45-26-31-27-47-40(50-38(31)35-14-11-32(42)25-36(35)28(2)43)49-34-12-9-30(10-13-34)39(52)46-18-22-55-24-23-54-20-8-19-53-21-16-37(51)48-29(3)41(4,5)6/h7,9-15,17,25,27,29H,1-2,8,16,18-24,26H2,3-6H3,(H,46,52)(H,48,51)(H,47,49,50)/b33-15-,45-17?. The lowest BCUT2D eigenvalue weighted by atomic mass is 9.88. The van der Waals surface area contributed by atoms with Crippen LogP contribution in [0, 0.1) is 5.41 Å². The van der Waals surface area contributed by atoms with Crippen LogP contribution in [-0.4, -0.2) is 80.2 Å². The van der Waals surface area contributed by atoms with E-state index in [1.54, 1.807) is 42.6 Å². The average Bonchev–Trinajstić information content (AvgIpc) is 3.15. The molecule has 0 saturated carbocycles. The number of rotatable bonds is 23. The van der Waals surface area contributed by atoms with Crippen molar-refractivity contribution in [2.45, 2.75) is 53.1 Å². The van der Waals surface area contributed by atoms with Crippen LogP contribution in [0.2, 0.25) is 5.02 Å². The van der Waals surface area contributed by atoms with E-state index in [1.807, 2.05) is 6.92 Å². The van der Waals surface area contributed by atoms with Gasteiger partial charge in [0.05, 0.1) is 38.7 Å². The Morgan fingerprint density at radius 1 is 1.00 bits per heavy atom. The van der Waals surface area contributed by atoms with Gasteiger partial charge in [-0.25, -0.2) is 18.7 Å². The van der Waals surface area contributed by atoms with E-state index in [2.05, 4.69) is 64.8 Å². The number of nitrogens with zero attached hydrogens (tertiary/aromatic N) is 3. The molecule has 0 saturated heterocycles. The van der Waals surface area contributed by atoms with Gasteiger partial charge in [-0.1, -0.05) is 51.6 Å². The van der Waals surface area contributed by atoms with Crippen molar-refractivity contribution in [3.8, 4) is 11.3 Å². The summed E-state index contributed by atoms with van der Waals surface area (Å²) in [6, 6.07) is 11.5. The van der Waals surface area contributed by atoms with Gasteiger partial charge in [0.2, 0.25) is 11.9 Å². The lowest BCUT2D eigenvalue weighted by molar-refractivity contribution is -0.123. The van der Waals surface area contributed by atoms with E-state index in [0.29, 0.717) is 92.1 Å². The second kappa shape index (κ2) is 23.2. The second-order valence-electron chi connectivity index (χ2n) is 13.5. The zero-order chi connectivity index (χ0) is 40.2. The molecule has 0 aliphatic rings. The molecule has 296 valence electrons. The molecule has 3 N–H and O–H groups in total. The molecule has 0 fully saturated rings. The number of aliphatic imine (C=N–C) groups is 1. The van der Waals surface area contributed by atoms with Gasteiger partial charge in [0.15, 0.2) is 0 Å². The van der Waals surface area contributed by atoms with Crippen molar-refractivity contribution in [3.05, 3.63) is 102 Å². The topological polar surface area (TPSA) is 136 Å². The molecular formula is C41H51ClF2N6O5. The molecule has 2 aromatic carbocycles. The molecule has 1 aromatic heterocycles. The number of carbonyl (C=O) groups is 2. The SMILES string of the molecule is C=C/C(F)=C/C=NCc1cnc(Nc2ccc(C(=O)NCCOCCOCCCOCCC(=O)NC(C)C(C)(C)C)cc2)nc1-c1ccc(Cl)cc1C(=C)F. The quantitative estimate of drug-likeness (QED) is 0.0498. The van der Waals surface area contributed by atoms with E-state index >= 15 is 0 Å². The Kier molecular flexibility index (Phi) is 18.8. The van der Waals surface area contributed by atoms with Crippen molar-refractivity contribution in [2.75, 3.05) is 51.5 Å². The monoisotopic (exact) mass is 780 g/mol. The number of nitrogens with one attached hydrogen (secondary N) is 3. The summed E-state index contributed by atoms with van der Waals surface area (Å²) in [6.45, 7) is 18.0. The average molecular weight is 781 g/mol. The Bertz CT molecular complexity index is 1800. The minimum atomic E-state index is -0.694. The zero-order valence-electron chi connectivity index (χ0n) is 31.9. The first-order chi connectivity index (χ1) is 26.3. The Morgan fingerprint density at radius 2 is 1.69 bits per heavy atom. The highest BCUT2D eigenvalue weighted by Gasteiger charge is 2.21. The maximum atomic E-state index is 14.5. The Hall–Kier alpha value is -4.82. The smallest absolute Gasteiger partial charge is 0.251 e. The fraction of sp³-hybridized carbons (Fsp3) is 0.390. The largest absolute Gasteiger partial charge is 0.381 e. The summed E-state index contributed by atoms with van der Waals surface area (Å²) >= 11 is 6.13. The van der Waals surface area contributed by atoms with Crippen LogP contribution in [0.15, 0.2) is 84.8 Å². The molecule has 1 unspecified atom stereocenters. The predicted octanol–water partition coefficient (Wildman–Crippen LogP) is 8.20. The number of halogens is 3. The van der Waals surface area contributed by atoms with Crippen LogP contribution in [0.4, 0.5) is 20.4 Å². The van der Waals surface area contributed by atoms with Crippen LogP contribution >= 0.6 is 11.6 Å². The Labute approximate surface area is 327 Å². The summed E-state index contributed by atoms with van der Waals surface area (Å²) < 4.78 is 44.6. The van der Waals surface area contributed by atoms with E-state index in [4.69, 9.17) is 25.8 Å². The molecule has 55 heavy (non-hydrogen) atoms. The summed E-state index contributed by atoms with van der Waals surface area (Å²) in [5.74, 6) is -1.30. The van der Waals surface area contributed by atoms with Gasteiger partial charge in [0.1, 0.15) is 11.7 Å². The van der Waals surface area contributed by atoms with Gasteiger partial charge in [0, 0.05) is 77.6 Å². The summed E-state index contributed by atoms with van der Waals surface area (Å²) in [4.78, 5) is 37.9. The maximum Gasteiger partial charge on any atom is 0.251 e.